The summed E-state index contributed by atoms with van der Waals surface area (Å²) in [6.45, 7) is 4.18. The van der Waals surface area contributed by atoms with Crippen molar-refractivity contribution in [3.63, 3.8) is 0 Å². The van der Waals surface area contributed by atoms with Crippen LogP contribution in [0.1, 0.15) is 17.7 Å². The quantitative estimate of drug-likeness (QED) is 0.874. The van der Waals surface area contributed by atoms with E-state index in [-0.39, 0.29) is 0 Å². The van der Waals surface area contributed by atoms with Gasteiger partial charge in [0.15, 0.2) is 0 Å². The molecule has 19 heavy (non-hydrogen) atoms. The monoisotopic (exact) mass is 364 g/mol. The Hall–Kier alpha value is 0.0500. The van der Waals surface area contributed by atoms with Crippen molar-refractivity contribution in [2.45, 2.75) is 30.7 Å². The lowest BCUT2D eigenvalue weighted by Crippen LogP contribution is -2.46. The molecule has 2 aliphatic heterocycles. The van der Waals surface area contributed by atoms with Gasteiger partial charge in [0.1, 0.15) is 0 Å². The van der Waals surface area contributed by atoms with E-state index in [0.29, 0.717) is 29.9 Å². The third kappa shape index (κ3) is 2.51. The van der Waals surface area contributed by atoms with Crippen LogP contribution in [-0.2, 0) is 10.0 Å². The summed E-state index contributed by atoms with van der Waals surface area (Å²) in [6.07, 6.45) is 2.01. The molecule has 106 valence electrons. The molecule has 1 aromatic heterocycles. The molecule has 0 aliphatic carbocycles. The van der Waals surface area contributed by atoms with Crippen molar-refractivity contribution in [3.8, 4) is 0 Å². The van der Waals surface area contributed by atoms with Crippen LogP contribution in [0.15, 0.2) is 14.7 Å². The maximum Gasteiger partial charge on any atom is 0.244 e. The normalized spacial score (nSPS) is 28.5. The highest BCUT2D eigenvalue weighted by molar-refractivity contribution is 9.11. The molecule has 0 spiro atoms. The number of piperidine rings is 1. The minimum absolute atomic E-state index is 0.466. The van der Waals surface area contributed by atoms with Crippen LogP contribution in [-0.4, -0.2) is 38.4 Å². The summed E-state index contributed by atoms with van der Waals surface area (Å²) in [5.74, 6) is 0.478. The van der Waals surface area contributed by atoms with Crippen LogP contribution in [0.4, 0.5) is 0 Å². The molecule has 2 atom stereocenters. The van der Waals surface area contributed by atoms with Crippen LogP contribution in [0.2, 0.25) is 0 Å². The van der Waals surface area contributed by atoms with Crippen LogP contribution in [0.5, 0.6) is 0 Å². The number of hydrogen-bond acceptors (Lipinski definition) is 4. The average molecular weight is 365 g/mol. The molecule has 2 unspecified atom stereocenters. The van der Waals surface area contributed by atoms with E-state index < -0.39 is 10.0 Å². The highest BCUT2D eigenvalue weighted by Gasteiger charge is 2.38. The van der Waals surface area contributed by atoms with E-state index in [1.54, 1.807) is 10.4 Å². The molecular weight excluding hydrogens is 348 g/mol. The third-order valence-electron chi connectivity index (χ3n) is 4.08. The number of hydrogen-bond donors (Lipinski definition) is 1. The first kappa shape index (κ1) is 14.0. The molecule has 0 amide bonds. The fourth-order valence-corrected chi connectivity index (χ4v) is 6.95. The number of sulfonamides is 1. The largest absolute Gasteiger partial charge is 0.314 e. The standard InChI is InChI=1S/C12H17BrN2O2S2/c1-8-11(6-12(13)18-8)19(16,17)15-5-3-10-9(7-15)2-4-14-10/h6,9-10,14H,2-5,7H2,1H3. The minimum Gasteiger partial charge on any atom is -0.314 e. The Bertz CT molecular complexity index is 585. The van der Waals surface area contributed by atoms with Gasteiger partial charge in [-0.3, -0.25) is 0 Å². The van der Waals surface area contributed by atoms with Crippen molar-refractivity contribution < 1.29 is 8.42 Å². The lowest BCUT2D eigenvalue weighted by molar-refractivity contribution is 0.247. The van der Waals surface area contributed by atoms with E-state index in [4.69, 9.17) is 0 Å². The zero-order valence-corrected chi connectivity index (χ0v) is 13.9. The molecular formula is C12H17BrN2O2S2. The Morgan fingerprint density at radius 3 is 2.95 bits per heavy atom. The molecule has 0 bridgehead atoms. The van der Waals surface area contributed by atoms with Crippen LogP contribution in [0.3, 0.4) is 0 Å². The van der Waals surface area contributed by atoms with Crippen molar-refractivity contribution in [1.29, 1.82) is 0 Å². The van der Waals surface area contributed by atoms with Crippen molar-refractivity contribution >= 4 is 37.3 Å². The van der Waals surface area contributed by atoms with Crippen molar-refractivity contribution in [1.82, 2.24) is 9.62 Å². The predicted octanol–water partition coefficient (Wildman–Crippen LogP) is 2.19. The Morgan fingerprint density at radius 2 is 2.26 bits per heavy atom. The first-order chi connectivity index (χ1) is 8.98. The van der Waals surface area contributed by atoms with Gasteiger partial charge in [-0.2, -0.15) is 4.31 Å². The number of rotatable bonds is 2. The second kappa shape index (κ2) is 5.11. The first-order valence-corrected chi connectivity index (χ1v) is 9.53. The van der Waals surface area contributed by atoms with Gasteiger partial charge >= 0.3 is 0 Å². The van der Waals surface area contributed by atoms with E-state index in [0.717, 1.165) is 28.0 Å². The molecule has 2 aliphatic rings. The van der Waals surface area contributed by atoms with Crippen molar-refractivity contribution in [3.05, 3.63) is 14.7 Å². The smallest absolute Gasteiger partial charge is 0.244 e. The fraction of sp³-hybridized carbons (Fsp3) is 0.667. The number of aryl methyl sites for hydroxylation is 1. The topological polar surface area (TPSA) is 49.4 Å². The SMILES string of the molecule is Cc1sc(Br)cc1S(=O)(=O)N1CCC2NCCC2C1. The number of nitrogens with zero attached hydrogens (tertiary/aromatic N) is 1. The second-order valence-electron chi connectivity index (χ2n) is 5.23. The number of nitrogens with one attached hydrogen (secondary N) is 1. The summed E-state index contributed by atoms with van der Waals surface area (Å²) in [5.41, 5.74) is 0. The van der Waals surface area contributed by atoms with E-state index >= 15 is 0 Å². The van der Waals surface area contributed by atoms with E-state index in [1.807, 2.05) is 6.92 Å². The second-order valence-corrected chi connectivity index (χ2v) is 9.77. The maximum absolute atomic E-state index is 12.7. The molecule has 1 N–H and O–H groups in total. The van der Waals surface area contributed by atoms with Gasteiger partial charge in [0.05, 0.1) is 8.68 Å². The summed E-state index contributed by atoms with van der Waals surface area (Å²) in [7, 11) is -3.32. The third-order valence-corrected chi connectivity index (χ3v) is 7.75. The van der Waals surface area contributed by atoms with Gasteiger partial charge in [-0.25, -0.2) is 8.42 Å². The molecule has 3 heterocycles. The Labute approximate surface area is 126 Å². The molecule has 0 radical (unpaired) electrons. The molecule has 7 heteroatoms. The van der Waals surface area contributed by atoms with Crippen LogP contribution in [0, 0.1) is 12.8 Å². The summed E-state index contributed by atoms with van der Waals surface area (Å²) in [6, 6.07) is 2.25. The zero-order valence-electron chi connectivity index (χ0n) is 10.7. The number of halogens is 1. The first-order valence-electron chi connectivity index (χ1n) is 6.48. The van der Waals surface area contributed by atoms with E-state index in [9.17, 15) is 8.42 Å². The number of thiophene rings is 1. The molecule has 3 rings (SSSR count). The molecule has 0 aromatic carbocycles. The lowest BCUT2D eigenvalue weighted by Gasteiger charge is -2.33. The Kier molecular flexibility index (Phi) is 3.77. The minimum atomic E-state index is -3.32. The van der Waals surface area contributed by atoms with Gasteiger partial charge in [0, 0.05) is 24.0 Å². The van der Waals surface area contributed by atoms with E-state index in [2.05, 4.69) is 21.2 Å². The summed E-state index contributed by atoms with van der Waals surface area (Å²) in [4.78, 5) is 1.33. The van der Waals surface area contributed by atoms with Crippen molar-refractivity contribution in [2.75, 3.05) is 19.6 Å². The fourth-order valence-electron chi connectivity index (χ4n) is 3.06. The van der Waals surface area contributed by atoms with Crippen molar-refractivity contribution in [2.24, 2.45) is 5.92 Å². The highest BCUT2D eigenvalue weighted by Crippen LogP contribution is 2.34. The summed E-state index contributed by atoms with van der Waals surface area (Å²) in [5, 5.41) is 3.46. The molecule has 2 fully saturated rings. The predicted molar refractivity (Wildman–Crippen MR) is 80.0 cm³/mol. The van der Waals surface area contributed by atoms with Crippen LogP contribution < -0.4 is 5.32 Å². The van der Waals surface area contributed by atoms with Crippen LogP contribution in [0.25, 0.3) is 0 Å². The molecule has 2 saturated heterocycles. The van der Waals surface area contributed by atoms with Crippen LogP contribution >= 0.6 is 27.3 Å². The van der Waals surface area contributed by atoms with Gasteiger partial charge in [-0.15, -0.1) is 11.3 Å². The van der Waals surface area contributed by atoms with Gasteiger partial charge < -0.3 is 5.32 Å². The molecule has 1 aromatic rings. The highest BCUT2D eigenvalue weighted by atomic mass is 79.9. The maximum atomic E-state index is 12.7. The Morgan fingerprint density at radius 1 is 1.47 bits per heavy atom. The molecule has 4 nitrogen and oxygen atoms in total. The van der Waals surface area contributed by atoms with Gasteiger partial charge in [0.25, 0.3) is 0 Å². The number of fused-ring (bicyclic) bond motifs is 1. The zero-order chi connectivity index (χ0) is 13.6. The molecule has 0 saturated carbocycles. The average Bonchev–Trinajstić information content (AvgIpc) is 2.94. The summed E-state index contributed by atoms with van der Waals surface area (Å²) < 4.78 is 27.9. The Balaban J connectivity index is 1.87. The van der Waals surface area contributed by atoms with Gasteiger partial charge in [0.2, 0.25) is 10.0 Å². The van der Waals surface area contributed by atoms with E-state index in [1.165, 1.54) is 11.3 Å². The summed E-state index contributed by atoms with van der Waals surface area (Å²) >= 11 is 4.85. The van der Waals surface area contributed by atoms with Gasteiger partial charge in [-0.05, 0) is 54.2 Å². The van der Waals surface area contributed by atoms with Gasteiger partial charge in [-0.1, -0.05) is 0 Å². The lowest BCUT2D eigenvalue weighted by atomic mass is 9.95.